The van der Waals surface area contributed by atoms with Crippen molar-refractivity contribution in [1.82, 2.24) is 0 Å². The van der Waals surface area contributed by atoms with Crippen molar-refractivity contribution < 1.29 is 5.11 Å². The number of hydrogen-bond acceptors (Lipinski definition) is 2. The monoisotopic (exact) mass is 379 g/mol. The summed E-state index contributed by atoms with van der Waals surface area (Å²) in [6, 6.07) is 24.7. The van der Waals surface area contributed by atoms with Gasteiger partial charge in [0.05, 0.1) is 6.26 Å². The number of aliphatic hydroxyl groups excluding tert-OH is 1. The summed E-state index contributed by atoms with van der Waals surface area (Å²) in [4.78, 5) is 0. The van der Waals surface area contributed by atoms with Crippen LogP contribution in [0.3, 0.4) is 0 Å². The quantitative estimate of drug-likeness (QED) is 0.324. The standard InChI is InChI=1S/C27H25NO/c1-4-22-9-5-6-14-27(22)28-26-13-8-12-25(19-26)24-11-7-10-23(18-24)21(3)17-20(2)15-16-29/h4-19,28-29H,1,3H2,2H3/b16-15-,20-17-. The van der Waals surface area contributed by atoms with Gasteiger partial charge in [-0.05, 0) is 70.7 Å². The first-order valence-corrected chi connectivity index (χ1v) is 9.48. The van der Waals surface area contributed by atoms with E-state index in [9.17, 15) is 0 Å². The molecule has 2 N–H and O–H groups in total. The SMILES string of the molecule is C=Cc1ccccc1Nc1cccc(-c2cccc(C(=C)/C=C(C)\C=C/O)c2)c1. The van der Waals surface area contributed by atoms with Crippen LogP contribution in [0.1, 0.15) is 18.1 Å². The van der Waals surface area contributed by atoms with E-state index in [0.717, 1.165) is 51.0 Å². The summed E-state index contributed by atoms with van der Waals surface area (Å²) in [5.74, 6) is 0. The average Bonchev–Trinajstić information content (AvgIpc) is 2.74. The second-order valence-corrected chi connectivity index (χ2v) is 6.81. The Labute approximate surface area is 172 Å². The molecule has 0 aromatic heterocycles. The van der Waals surface area contributed by atoms with Crippen LogP contribution < -0.4 is 5.32 Å². The number of hydrogen-bond donors (Lipinski definition) is 2. The van der Waals surface area contributed by atoms with E-state index in [0.29, 0.717) is 0 Å². The molecule has 3 rings (SSSR count). The number of nitrogens with one attached hydrogen (secondary N) is 1. The molecule has 0 saturated heterocycles. The number of anilines is 2. The molecule has 0 aliphatic rings. The van der Waals surface area contributed by atoms with Crippen LogP contribution in [-0.2, 0) is 0 Å². The number of allylic oxidation sites excluding steroid dienone is 4. The summed E-state index contributed by atoms with van der Waals surface area (Å²) in [7, 11) is 0. The van der Waals surface area contributed by atoms with E-state index in [2.05, 4.69) is 48.8 Å². The lowest BCUT2D eigenvalue weighted by Crippen LogP contribution is -1.93. The molecule has 0 saturated carbocycles. The van der Waals surface area contributed by atoms with Crippen LogP contribution in [0.2, 0.25) is 0 Å². The lowest BCUT2D eigenvalue weighted by Gasteiger charge is -2.12. The van der Waals surface area contributed by atoms with Crippen LogP contribution in [0.25, 0.3) is 22.8 Å². The first-order valence-electron chi connectivity index (χ1n) is 9.48. The predicted molar refractivity (Wildman–Crippen MR) is 126 cm³/mol. The van der Waals surface area contributed by atoms with Gasteiger partial charge in [0.15, 0.2) is 0 Å². The smallest absolute Gasteiger partial charge is 0.0794 e. The summed E-state index contributed by atoms with van der Waals surface area (Å²) >= 11 is 0. The highest BCUT2D eigenvalue weighted by molar-refractivity contribution is 5.79. The van der Waals surface area contributed by atoms with Crippen LogP contribution in [0, 0.1) is 0 Å². The molecule has 29 heavy (non-hydrogen) atoms. The van der Waals surface area contributed by atoms with E-state index in [1.54, 1.807) is 6.08 Å². The zero-order valence-electron chi connectivity index (χ0n) is 16.6. The van der Waals surface area contributed by atoms with Crippen LogP contribution in [0.15, 0.2) is 110 Å². The van der Waals surface area contributed by atoms with Gasteiger partial charge in [0.1, 0.15) is 0 Å². The molecule has 2 heteroatoms. The Kier molecular flexibility index (Phi) is 6.49. The van der Waals surface area contributed by atoms with E-state index >= 15 is 0 Å². The van der Waals surface area contributed by atoms with Crippen molar-refractivity contribution in [2.75, 3.05) is 5.32 Å². The van der Waals surface area contributed by atoms with Gasteiger partial charge in [-0.1, -0.05) is 73.8 Å². The predicted octanol–water partition coefficient (Wildman–Crippen LogP) is 7.77. The topological polar surface area (TPSA) is 32.3 Å². The number of para-hydroxylation sites is 1. The summed E-state index contributed by atoms with van der Waals surface area (Å²) < 4.78 is 0. The van der Waals surface area contributed by atoms with Crippen molar-refractivity contribution in [3.05, 3.63) is 121 Å². The van der Waals surface area contributed by atoms with E-state index in [-0.39, 0.29) is 0 Å². The Morgan fingerprint density at radius 3 is 2.41 bits per heavy atom. The minimum Gasteiger partial charge on any atom is -0.516 e. The number of aliphatic hydroxyl groups is 1. The fraction of sp³-hybridized carbons (Fsp3) is 0.0370. The molecule has 0 unspecified atom stereocenters. The summed E-state index contributed by atoms with van der Waals surface area (Å²) in [5.41, 5.74) is 8.24. The maximum Gasteiger partial charge on any atom is 0.0794 e. The summed E-state index contributed by atoms with van der Waals surface area (Å²) in [6.07, 6.45) is 6.49. The van der Waals surface area contributed by atoms with Crippen molar-refractivity contribution in [3.63, 3.8) is 0 Å². The van der Waals surface area contributed by atoms with Gasteiger partial charge in [-0.2, -0.15) is 0 Å². The Hall–Kier alpha value is -3.78. The van der Waals surface area contributed by atoms with E-state index in [1.807, 2.05) is 61.5 Å². The molecule has 0 spiro atoms. The normalized spacial score (nSPS) is 11.4. The lowest BCUT2D eigenvalue weighted by atomic mass is 9.98. The van der Waals surface area contributed by atoms with Gasteiger partial charge >= 0.3 is 0 Å². The van der Waals surface area contributed by atoms with Gasteiger partial charge in [-0.3, -0.25) is 0 Å². The maximum absolute atomic E-state index is 8.92. The average molecular weight is 380 g/mol. The van der Waals surface area contributed by atoms with Crippen molar-refractivity contribution in [1.29, 1.82) is 0 Å². The van der Waals surface area contributed by atoms with Crippen molar-refractivity contribution in [2.45, 2.75) is 6.92 Å². The van der Waals surface area contributed by atoms with E-state index in [1.165, 1.54) is 0 Å². The third-order valence-corrected chi connectivity index (χ3v) is 4.63. The molecule has 0 atom stereocenters. The van der Waals surface area contributed by atoms with Gasteiger partial charge in [0.25, 0.3) is 0 Å². The molecule has 144 valence electrons. The molecule has 0 bridgehead atoms. The fourth-order valence-corrected chi connectivity index (χ4v) is 3.14. The molecule has 0 radical (unpaired) electrons. The highest BCUT2D eigenvalue weighted by atomic mass is 16.2. The van der Waals surface area contributed by atoms with Crippen LogP contribution in [0.4, 0.5) is 11.4 Å². The fourth-order valence-electron chi connectivity index (χ4n) is 3.14. The molecule has 0 amide bonds. The molecule has 2 nitrogen and oxygen atoms in total. The molecule has 0 fully saturated rings. The Balaban J connectivity index is 1.88. The molecule has 3 aromatic carbocycles. The second-order valence-electron chi connectivity index (χ2n) is 6.81. The largest absolute Gasteiger partial charge is 0.516 e. The molecular weight excluding hydrogens is 354 g/mol. The van der Waals surface area contributed by atoms with Gasteiger partial charge in [-0.25, -0.2) is 0 Å². The van der Waals surface area contributed by atoms with Gasteiger partial charge in [0, 0.05) is 11.4 Å². The minimum atomic E-state index is 0.900. The Morgan fingerprint density at radius 1 is 0.931 bits per heavy atom. The Bertz CT molecular complexity index is 1090. The Morgan fingerprint density at radius 2 is 1.66 bits per heavy atom. The van der Waals surface area contributed by atoms with Gasteiger partial charge in [0.2, 0.25) is 0 Å². The zero-order chi connectivity index (χ0) is 20.6. The van der Waals surface area contributed by atoms with E-state index in [4.69, 9.17) is 5.11 Å². The summed E-state index contributed by atoms with van der Waals surface area (Å²) in [6.45, 7) is 9.97. The van der Waals surface area contributed by atoms with Crippen LogP contribution >= 0.6 is 0 Å². The molecule has 0 aliphatic carbocycles. The van der Waals surface area contributed by atoms with Crippen molar-refractivity contribution in [3.8, 4) is 11.1 Å². The highest BCUT2D eigenvalue weighted by Crippen LogP contribution is 2.28. The first kappa shape index (κ1) is 20.0. The third-order valence-electron chi connectivity index (χ3n) is 4.63. The van der Waals surface area contributed by atoms with E-state index < -0.39 is 0 Å². The number of benzene rings is 3. The minimum absolute atomic E-state index is 0.900. The molecule has 0 heterocycles. The highest BCUT2D eigenvalue weighted by Gasteiger charge is 2.04. The maximum atomic E-state index is 8.92. The van der Waals surface area contributed by atoms with Crippen molar-refractivity contribution >= 4 is 23.0 Å². The molecular formula is C27H25NO. The number of rotatable bonds is 7. The first-order chi connectivity index (χ1) is 14.1. The van der Waals surface area contributed by atoms with Crippen LogP contribution in [0.5, 0.6) is 0 Å². The van der Waals surface area contributed by atoms with Crippen molar-refractivity contribution in [2.24, 2.45) is 0 Å². The molecule has 3 aromatic rings. The lowest BCUT2D eigenvalue weighted by molar-refractivity contribution is 0.473. The summed E-state index contributed by atoms with van der Waals surface area (Å²) in [5, 5.41) is 12.4. The zero-order valence-corrected chi connectivity index (χ0v) is 16.6. The molecule has 0 aliphatic heterocycles. The van der Waals surface area contributed by atoms with Gasteiger partial charge < -0.3 is 10.4 Å². The van der Waals surface area contributed by atoms with Crippen LogP contribution in [-0.4, -0.2) is 5.11 Å². The van der Waals surface area contributed by atoms with Gasteiger partial charge in [-0.15, -0.1) is 0 Å². The third kappa shape index (κ3) is 5.14. The second kappa shape index (κ2) is 9.43.